The number of para-hydroxylation sites is 1. The lowest BCUT2D eigenvalue weighted by Crippen LogP contribution is -2.38. The molecule has 0 spiro atoms. The molecule has 1 aliphatic rings. The van der Waals surface area contributed by atoms with Crippen molar-refractivity contribution in [1.82, 2.24) is 0 Å². The van der Waals surface area contributed by atoms with Crippen molar-refractivity contribution >= 4 is 46.5 Å². The largest absolute Gasteiger partial charge is 0.468 e. The summed E-state index contributed by atoms with van der Waals surface area (Å²) >= 11 is 1.55. The van der Waals surface area contributed by atoms with Crippen LogP contribution in [0.15, 0.2) is 76.2 Å². The monoisotopic (exact) mass is 435 g/mol. The molecule has 0 fully saturated rings. The summed E-state index contributed by atoms with van der Waals surface area (Å²) in [4.78, 5) is 39.5. The molecule has 3 aromatic rings. The number of benzene rings is 2. The van der Waals surface area contributed by atoms with Gasteiger partial charge in [0.15, 0.2) is 0 Å². The molecule has 2 N–H and O–H groups in total. The number of furan rings is 1. The van der Waals surface area contributed by atoms with Crippen LogP contribution in [0, 0.1) is 0 Å². The van der Waals surface area contributed by atoms with Crippen molar-refractivity contribution in [3.8, 4) is 0 Å². The van der Waals surface area contributed by atoms with Crippen LogP contribution in [0.25, 0.3) is 0 Å². The van der Waals surface area contributed by atoms with E-state index in [1.807, 2.05) is 30.3 Å². The first kappa shape index (κ1) is 20.7. The number of thioether (sulfide) groups is 1. The van der Waals surface area contributed by atoms with Crippen molar-refractivity contribution in [1.29, 1.82) is 0 Å². The Bertz CT molecular complexity index is 1110. The number of nitrogens with zero attached hydrogens (tertiary/aromatic N) is 1. The van der Waals surface area contributed by atoms with Gasteiger partial charge in [-0.3, -0.25) is 14.4 Å². The highest BCUT2D eigenvalue weighted by Gasteiger charge is 2.31. The number of nitrogens with one attached hydrogen (secondary N) is 2. The fourth-order valence-corrected chi connectivity index (χ4v) is 4.65. The molecule has 2 aromatic carbocycles. The van der Waals surface area contributed by atoms with Gasteiger partial charge in [0.25, 0.3) is 0 Å². The summed E-state index contributed by atoms with van der Waals surface area (Å²) in [5.74, 6) is 0.0543. The Morgan fingerprint density at radius 1 is 1.06 bits per heavy atom. The molecule has 8 heteroatoms. The number of fused-ring (bicyclic) bond motifs is 1. The Balaban J connectivity index is 1.53. The second-order valence-corrected chi connectivity index (χ2v) is 8.33. The number of hydrogen-bond acceptors (Lipinski definition) is 5. The van der Waals surface area contributed by atoms with Crippen LogP contribution in [0.2, 0.25) is 0 Å². The van der Waals surface area contributed by atoms with Crippen LogP contribution in [-0.2, 0) is 14.4 Å². The van der Waals surface area contributed by atoms with Crippen molar-refractivity contribution in [3.63, 3.8) is 0 Å². The Morgan fingerprint density at radius 2 is 1.84 bits per heavy atom. The van der Waals surface area contributed by atoms with Crippen molar-refractivity contribution in [2.24, 2.45) is 0 Å². The zero-order chi connectivity index (χ0) is 21.8. The predicted octanol–water partition coefficient (Wildman–Crippen LogP) is 4.45. The zero-order valence-corrected chi connectivity index (χ0v) is 17.6. The van der Waals surface area contributed by atoms with Crippen molar-refractivity contribution < 1.29 is 18.8 Å². The van der Waals surface area contributed by atoms with Gasteiger partial charge >= 0.3 is 0 Å². The number of hydrogen-bond donors (Lipinski definition) is 2. The number of carbonyl (C=O) groups excluding carboxylic acids is 3. The Morgan fingerprint density at radius 3 is 2.58 bits per heavy atom. The topological polar surface area (TPSA) is 91.7 Å². The Hall–Kier alpha value is -3.52. The first-order chi connectivity index (χ1) is 15.0. The van der Waals surface area contributed by atoms with E-state index in [2.05, 4.69) is 10.6 Å². The second kappa shape index (κ2) is 9.09. The third-order valence-electron chi connectivity index (χ3n) is 4.72. The molecule has 158 valence electrons. The van der Waals surface area contributed by atoms with Gasteiger partial charge in [0.1, 0.15) is 12.3 Å². The second-order valence-electron chi connectivity index (χ2n) is 7.08. The average Bonchev–Trinajstić information content (AvgIpc) is 3.22. The van der Waals surface area contributed by atoms with Gasteiger partial charge in [-0.25, -0.2) is 0 Å². The molecule has 1 atom stereocenters. The van der Waals surface area contributed by atoms with Crippen LogP contribution in [0.3, 0.4) is 0 Å². The Labute approximate surface area is 183 Å². The van der Waals surface area contributed by atoms with E-state index in [1.54, 1.807) is 48.4 Å². The fourth-order valence-electron chi connectivity index (χ4n) is 3.41. The van der Waals surface area contributed by atoms with Gasteiger partial charge in [-0.2, -0.15) is 0 Å². The van der Waals surface area contributed by atoms with Crippen LogP contribution in [0.1, 0.15) is 24.4 Å². The van der Waals surface area contributed by atoms with Crippen LogP contribution >= 0.6 is 11.8 Å². The normalized spacial score (nSPS) is 15.7. The molecule has 0 aliphatic carbocycles. The van der Waals surface area contributed by atoms with E-state index in [9.17, 15) is 14.4 Å². The summed E-state index contributed by atoms with van der Waals surface area (Å²) in [6.07, 6.45) is 1.82. The van der Waals surface area contributed by atoms with Gasteiger partial charge in [-0.05, 0) is 42.5 Å². The summed E-state index contributed by atoms with van der Waals surface area (Å²) in [6.45, 7) is 1.30. The van der Waals surface area contributed by atoms with E-state index in [0.29, 0.717) is 17.1 Å². The van der Waals surface area contributed by atoms with Gasteiger partial charge in [-0.15, -0.1) is 11.8 Å². The first-order valence-corrected chi connectivity index (χ1v) is 10.6. The molecule has 0 unspecified atom stereocenters. The highest BCUT2D eigenvalue weighted by molar-refractivity contribution is 7.99. The van der Waals surface area contributed by atoms with Crippen LogP contribution in [0.5, 0.6) is 0 Å². The zero-order valence-electron chi connectivity index (χ0n) is 16.8. The van der Waals surface area contributed by atoms with Gasteiger partial charge in [0.2, 0.25) is 17.7 Å². The maximum Gasteiger partial charge on any atom is 0.244 e. The minimum absolute atomic E-state index is 0.119. The molecule has 3 amide bonds. The maximum absolute atomic E-state index is 13.1. The molecular formula is C23H21N3O4S. The SMILES string of the molecule is CC(=O)Nc1cccc(NC(=O)CN2C(=O)C[C@H](c3ccco3)Sc3ccccc32)c1. The lowest BCUT2D eigenvalue weighted by atomic mass is 10.2. The molecule has 0 radical (unpaired) electrons. The highest BCUT2D eigenvalue weighted by atomic mass is 32.2. The molecule has 0 bridgehead atoms. The standard InChI is InChI=1S/C23H21N3O4S/c1-15(27)24-16-6-4-7-17(12-16)25-22(28)14-26-18-8-2-3-10-20(18)31-21(13-23(26)29)19-9-5-11-30-19/h2-12,21H,13-14H2,1H3,(H,24,27)(H,25,28)/t21-/m1/s1. The summed E-state index contributed by atoms with van der Waals surface area (Å²) in [6, 6.07) is 18.1. The number of anilines is 3. The fraction of sp³-hybridized carbons (Fsp3) is 0.174. The molecule has 1 aromatic heterocycles. The molecule has 2 heterocycles. The molecule has 7 nitrogen and oxygen atoms in total. The molecular weight excluding hydrogens is 414 g/mol. The number of amides is 3. The van der Waals surface area contributed by atoms with Crippen LogP contribution in [-0.4, -0.2) is 24.3 Å². The minimum atomic E-state index is -0.329. The molecule has 0 saturated carbocycles. The quantitative estimate of drug-likeness (QED) is 0.618. The first-order valence-electron chi connectivity index (χ1n) is 9.76. The van der Waals surface area contributed by atoms with E-state index in [0.717, 1.165) is 10.7 Å². The third kappa shape index (κ3) is 4.97. The summed E-state index contributed by atoms with van der Waals surface area (Å²) in [5.41, 5.74) is 1.82. The smallest absolute Gasteiger partial charge is 0.244 e. The Kier molecular flexibility index (Phi) is 6.08. The van der Waals surface area contributed by atoms with E-state index in [1.165, 1.54) is 11.8 Å². The van der Waals surface area contributed by atoms with E-state index < -0.39 is 0 Å². The average molecular weight is 436 g/mol. The van der Waals surface area contributed by atoms with Gasteiger partial charge in [0, 0.05) is 29.6 Å². The maximum atomic E-state index is 13.1. The lowest BCUT2D eigenvalue weighted by Gasteiger charge is -2.22. The molecule has 31 heavy (non-hydrogen) atoms. The molecule has 1 aliphatic heterocycles. The van der Waals surface area contributed by atoms with Crippen LogP contribution in [0.4, 0.5) is 17.1 Å². The predicted molar refractivity (Wildman–Crippen MR) is 120 cm³/mol. The van der Waals surface area contributed by atoms with Gasteiger partial charge in [0.05, 0.1) is 17.2 Å². The highest BCUT2D eigenvalue weighted by Crippen LogP contribution is 2.45. The summed E-state index contributed by atoms with van der Waals surface area (Å²) in [7, 11) is 0. The molecule has 0 saturated heterocycles. The number of rotatable bonds is 5. The lowest BCUT2D eigenvalue weighted by molar-refractivity contribution is -0.121. The minimum Gasteiger partial charge on any atom is -0.468 e. The van der Waals surface area contributed by atoms with E-state index >= 15 is 0 Å². The van der Waals surface area contributed by atoms with E-state index in [-0.39, 0.29) is 35.9 Å². The van der Waals surface area contributed by atoms with Crippen molar-refractivity contribution in [2.75, 3.05) is 22.1 Å². The van der Waals surface area contributed by atoms with Crippen molar-refractivity contribution in [3.05, 3.63) is 72.7 Å². The van der Waals surface area contributed by atoms with Gasteiger partial charge < -0.3 is 20.0 Å². The van der Waals surface area contributed by atoms with E-state index in [4.69, 9.17) is 4.42 Å². The summed E-state index contributed by atoms with van der Waals surface area (Å²) < 4.78 is 5.53. The summed E-state index contributed by atoms with van der Waals surface area (Å²) in [5, 5.41) is 5.32. The number of carbonyl (C=O) groups is 3. The molecule has 4 rings (SSSR count). The van der Waals surface area contributed by atoms with Crippen molar-refractivity contribution in [2.45, 2.75) is 23.5 Å². The third-order valence-corrected chi connectivity index (χ3v) is 6.00. The van der Waals surface area contributed by atoms with Gasteiger partial charge in [-0.1, -0.05) is 18.2 Å². The van der Waals surface area contributed by atoms with Crippen LogP contribution < -0.4 is 15.5 Å².